The van der Waals surface area contributed by atoms with Gasteiger partial charge in [0.2, 0.25) is 5.76 Å². The average molecular weight is 523 g/mol. The molecule has 2 aromatic heterocycles. The van der Waals surface area contributed by atoms with Gasteiger partial charge >= 0.3 is 0 Å². The van der Waals surface area contributed by atoms with Gasteiger partial charge in [0.25, 0.3) is 5.91 Å². The summed E-state index contributed by atoms with van der Waals surface area (Å²) in [4.78, 5) is 33.3. The van der Waals surface area contributed by atoms with Crippen LogP contribution in [0.15, 0.2) is 100 Å². The van der Waals surface area contributed by atoms with E-state index >= 15 is 0 Å². The highest BCUT2D eigenvalue weighted by molar-refractivity contribution is 6.32. The summed E-state index contributed by atoms with van der Waals surface area (Å²) in [6.45, 7) is 2.53. The van der Waals surface area contributed by atoms with E-state index in [1.165, 1.54) is 0 Å². The molecule has 1 aliphatic heterocycles. The number of aryl methyl sites for hydroxylation is 1. The Balaban J connectivity index is 1.42. The Kier molecular flexibility index (Phi) is 6.18. The molecule has 6 nitrogen and oxygen atoms in total. The number of fused-ring (bicyclic) bond motifs is 2. The van der Waals surface area contributed by atoms with Gasteiger partial charge in [-0.1, -0.05) is 60.1 Å². The summed E-state index contributed by atoms with van der Waals surface area (Å²) < 4.78 is 12.0. The molecule has 0 radical (unpaired) electrons. The molecule has 0 saturated heterocycles. The van der Waals surface area contributed by atoms with E-state index in [0.717, 1.165) is 22.3 Å². The predicted octanol–water partition coefficient (Wildman–Crippen LogP) is 6.47. The van der Waals surface area contributed by atoms with Gasteiger partial charge in [0.1, 0.15) is 17.9 Å². The third kappa shape index (κ3) is 4.33. The summed E-state index contributed by atoms with van der Waals surface area (Å²) in [5, 5.41) is 0.820. The first-order valence-corrected chi connectivity index (χ1v) is 12.6. The largest absolute Gasteiger partial charge is 0.489 e. The van der Waals surface area contributed by atoms with Crippen molar-refractivity contribution in [3.8, 4) is 5.75 Å². The maximum Gasteiger partial charge on any atom is 0.291 e. The minimum atomic E-state index is -0.637. The minimum absolute atomic E-state index is 0.0579. The van der Waals surface area contributed by atoms with Crippen molar-refractivity contribution >= 4 is 28.5 Å². The Morgan fingerprint density at radius 2 is 1.74 bits per heavy atom. The number of hydrogen-bond acceptors (Lipinski definition) is 5. The highest BCUT2D eigenvalue weighted by atomic mass is 35.5. The summed E-state index contributed by atoms with van der Waals surface area (Å²) >= 11 is 6.34. The molecule has 7 heteroatoms. The number of rotatable bonds is 6. The van der Waals surface area contributed by atoms with E-state index in [1.54, 1.807) is 29.4 Å². The molecule has 0 aliphatic carbocycles. The molecule has 0 fully saturated rings. The van der Waals surface area contributed by atoms with Gasteiger partial charge in [-0.15, -0.1) is 0 Å². The molecule has 38 heavy (non-hydrogen) atoms. The lowest BCUT2D eigenvalue weighted by atomic mass is 9.98. The quantitative estimate of drug-likeness (QED) is 0.255. The van der Waals surface area contributed by atoms with Crippen molar-refractivity contribution in [2.75, 3.05) is 0 Å². The van der Waals surface area contributed by atoms with Crippen LogP contribution >= 0.6 is 11.6 Å². The third-order valence-electron chi connectivity index (χ3n) is 6.77. The van der Waals surface area contributed by atoms with Crippen LogP contribution < -0.4 is 10.2 Å². The van der Waals surface area contributed by atoms with Crippen LogP contribution in [0.1, 0.15) is 44.4 Å². The molecule has 0 N–H and O–H groups in total. The number of hydrogen-bond donors (Lipinski definition) is 0. The SMILES string of the molecule is Cc1cc2oc3c(c(=O)c2cc1Cl)[C@@H](c1ccc(OCc2ccccc2)cc1)N(Cc1cccnc1)C3=O. The predicted molar refractivity (Wildman–Crippen MR) is 145 cm³/mol. The number of halogens is 1. The summed E-state index contributed by atoms with van der Waals surface area (Å²) in [6, 6.07) is 23.8. The Hall–Kier alpha value is -4.42. The van der Waals surface area contributed by atoms with Crippen LogP contribution in [0.5, 0.6) is 5.75 Å². The topological polar surface area (TPSA) is 72.6 Å². The highest BCUT2D eigenvalue weighted by Crippen LogP contribution is 2.40. The van der Waals surface area contributed by atoms with Crippen molar-refractivity contribution in [2.24, 2.45) is 0 Å². The molecule has 1 atom stereocenters. The fourth-order valence-corrected chi connectivity index (χ4v) is 4.99. The van der Waals surface area contributed by atoms with E-state index in [-0.39, 0.29) is 23.6 Å². The molecular formula is C31H23ClN2O4. The zero-order chi connectivity index (χ0) is 26.2. The Morgan fingerprint density at radius 3 is 2.47 bits per heavy atom. The maximum atomic E-state index is 13.8. The molecule has 1 amide bonds. The summed E-state index contributed by atoms with van der Waals surface area (Å²) in [5.41, 5.74) is 3.84. The fourth-order valence-electron chi connectivity index (χ4n) is 4.83. The summed E-state index contributed by atoms with van der Waals surface area (Å²) in [7, 11) is 0. The highest BCUT2D eigenvalue weighted by Gasteiger charge is 2.42. The Labute approximate surface area is 224 Å². The lowest BCUT2D eigenvalue weighted by Gasteiger charge is -2.25. The molecule has 188 valence electrons. The van der Waals surface area contributed by atoms with Crippen molar-refractivity contribution in [2.45, 2.75) is 26.1 Å². The molecule has 0 spiro atoms. The normalized spacial score (nSPS) is 14.6. The number of carbonyl (C=O) groups excluding carboxylic acids is 1. The number of carbonyl (C=O) groups is 1. The summed E-state index contributed by atoms with van der Waals surface area (Å²) in [6.07, 6.45) is 3.39. The number of benzene rings is 3. The van der Waals surface area contributed by atoms with Crippen LogP contribution in [0.3, 0.4) is 0 Å². The van der Waals surface area contributed by atoms with Crippen molar-refractivity contribution in [1.29, 1.82) is 0 Å². The van der Waals surface area contributed by atoms with Crippen LogP contribution in [0, 0.1) is 6.92 Å². The first-order valence-electron chi connectivity index (χ1n) is 12.2. The first kappa shape index (κ1) is 23.9. The van der Waals surface area contributed by atoms with Gasteiger partial charge < -0.3 is 14.1 Å². The fraction of sp³-hybridized carbons (Fsp3) is 0.129. The van der Waals surface area contributed by atoms with Crippen molar-refractivity contribution in [3.05, 3.63) is 140 Å². The van der Waals surface area contributed by atoms with Crippen LogP contribution in [0.4, 0.5) is 0 Å². The minimum Gasteiger partial charge on any atom is -0.489 e. The van der Waals surface area contributed by atoms with Crippen LogP contribution in [-0.4, -0.2) is 15.8 Å². The molecule has 0 bridgehead atoms. The Bertz CT molecular complexity index is 1700. The van der Waals surface area contributed by atoms with Gasteiger partial charge in [-0.05, 0) is 59.5 Å². The number of nitrogens with zero attached hydrogens (tertiary/aromatic N) is 2. The van der Waals surface area contributed by atoms with E-state index in [9.17, 15) is 9.59 Å². The number of amides is 1. The molecule has 0 unspecified atom stereocenters. The van der Waals surface area contributed by atoms with E-state index in [1.807, 2.05) is 73.7 Å². The molecule has 3 aromatic carbocycles. The molecule has 3 heterocycles. The smallest absolute Gasteiger partial charge is 0.291 e. The zero-order valence-corrected chi connectivity index (χ0v) is 21.3. The number of pyridine rings is 1. The lowest BCUT2D eigenvalue weighted by molar-refractivity contribution is 0.0714. The van der Waals surface area contributed by atoms with Crippen molar-refractivity contribution < 1.29 is 13.9 Å². The standard InChI is InChI=1S/C31H23ClN2O4/c1-19-14-26-24(15-25(19)32)29(35)27-28(34(31(36)30(27)38-26)17-21-8-5-13-33-16-21)22-9-11-23(12-10-22)37-18-20-6-3-2-4-7-20/h2-16,28H,17-18H2,1H3/t28-/m1/s1. The second-order valence-corrected chi connectivity index (χ2v) is 9.72. The summed E-state index contributed by atoms with van der Waals surface area (Å²) in [5.74, 6) is 0.404. The maximum absolute atomic E-state index is 13.8. The zero-order valence-electron chi connectivity index (χ0n) is 20.6. The van der Waals surface area contributed by atoms with Gasteiger partial charge in [-0.2, -0.15) is 0 Å². The van der Waals surface area contributed by atoms with Gasteiger partial charge in [-0.3, -0.25) is 14.6 Å². The van der Waals surface area contributed by atoms with E-state index < -0.39 is 6.04 Å². The van der Waals surface area contributed by atoms with Gasteiger partial charge in [0.15, 0.2) is 5.43 Å². The monoisotopic (exact) mass is 522 g/mol. The van der Waals surface area contributed by atoms with Crippen LogP contribution in [0.2, 0.25) is 5.02 Å². The van der Waals surface area contributed by atoms with Gasteiger partial charge in [0.05, 0.1) is 17.0 Å². The molecule has 1 aliphatic rings. The second-order valence-electron chi connectivity index (χ2n) is 9.31. The second kappa shape index (κ2) is 9.80. The molecule has 6 rings (SSSR count). The Morgan fingerprint density at radius 1 is 0.974 bits per heavy atom. The van der Waals surface area contributed by atoms with E-state index in [2.05, 4.69) is 4.98 Å². The molecular weight excluding hydrogens is 500 g/mol. The lowest BCUT2D eigenvalue weighted by Crippen LogP contribution is -2.29. The average Bonchev–Trinajstić information content (AvgIpc) is 3.21. The van der Waals surface area contributed by atoms with Crippen molar-refractivity contribution in [3.63, 3.8) is 0 Å². The van der Waals surface area contributed by atoms with Gasteiger partial charge in [-0.25, -0.2) is 0 Å². The van der Waals surface area contributed by atoms with E-state index in [4.69, 9.17) is 20.8 Å². The van der Waals surface area contributed by atoms with Gasteiger partial charge in [0, 0.05) is 24.0 Å². The van der Waals surface area contributed by atoms with Crippen LogP contribution in [0.25, 0.3) is 11.0 Å². The van der Waals surface area contributed by atoms with Crippen LogP contribution in [-0.2, 0) is 13.2 Å². The first-order chi connectivity index (χ1) is 18.5. The van der Waals surface area contributed by atoms with Crippen molar-refractivity contribution in [1.82, 2.24) is 9.88 Å². The third-order valence-corrected chi connectivity index (χ3v) is 7.17. The number of ether oxygens (including phenoxy) is 1. The molecule has 5 aromatic rings. The molecule has 0 saturated carbocycles. The van der Waals surface area contributed by atoms with E-state index in [0.29, 0.717) is 33.9 Å². The number of aromatic nitrogens is 1.